The number of rotatable bonds is 4. The highest BCUT2D eigenvalue weighted by molar-refractivity contribution is 5.95. The van der Waals surface area contributed by atoms with Crippen molar-refractivity contribution in [1.82, 2.24) is 0 Å². The fourth-order valence-corrected chi connectivity index (χ4v) is 1.95. The van der Waals surface area contributed by atoms with Gasteiger partial charge in [-0.1, -0.05) is 42.5 Å². The number of hydrogen-bond donors (Lipinski definition) is 1. The normalized spacial score (nSPS) is 9.84. The second kappa shape index (κ2) is 5.83. The maximum absolute atomic E-state index is 11.5. The minimum absolute atomic E-state index is 0.420. The van der Waals surface area contributed by atoms with Gasteiger partial charge in [-0.3, -0.25) is 4.79 Å². The molecule has 1 amide bonds. The molecule has 0 aromatic heterocycles. The zero-order chi connectivity index (χ0) is 13.7. The molecule has 19 heavy (non-hydrogen) atoms. The fraction of sp³-hybridized carbons (Fsp3) is 0.0625. The number of benzene rings is 2. The highest BCUT2D eigenvalue weighted by atomic mass is 16.1. The molecule has 2 aromatic carbocycles. The molecule has 0 spiro atoms. The van der Waals surface area contributed by atoms with E-state index in [1.807, 2.05) is 48.5 Å². The van der Waals surface area contributed by atoms with Crippen LogP contribution in [0.2, 0.25) is 0 Å². The summed E-state index contributed by atoms with van der Waals surface area (Å²) < 4.78 is 0. The van der Waals surface area contributed by atoms with Crippen molar-refractivity contribution in [3.63, 3.8) is 0 Å². The van der Waals surface area contributed by atoms with Gasteiger partial charge in [0.1, 0.15) is 0 Å². The van der Waals surface area contributed by atoms with Crippen LogP contribution in [0, 0.1) is 17.8 Å². The molecule has 0 unspecified atom stereocenters. The lowest BCUT2D eigenvalue weighted by Gasteiger charge is -2.08. The summed E-state index contributed by atoms with van der Waals surface area (Å²) in [5.41, 5.74) is 8.60. The van der Waals surface area contributed by atoms with Gasteiger partial charge in [0.2, 0.25) is 5.91 Å². The molecule has 0 aliphatic rings. The van der Waals surface area contributed by atoms with Gasteiger partial charge in [0, 0.05) is 5.56 Å². The van der Waals surface area contributed by atoms with E-state index >= 15 is 0 Å². The van der Waals surface area contributed by atoms with Crippen molar-refractivity contribution < 1.29 is 4.79 Å². The molecule has 0 aliphatic carbocycles. The molecule has 0 saturated heterocycles. The number of nitriles is 1. The molecule has 2 rings (SSSR count). The smallest absolute Gasteiger partial charge is 0.248 e. The molecule has 0 fully saturated rings. The van der Waals surface area contributed by atoms with Gasteiger partial charge in [0.25, 0.3) is 0 Å². The van der Waals surface area contributed by atoms with Crippen molar-refractivity contribution in [3.8, 4) is 17.2 Å². The van der Waals surface area contributed by atoms with Crippen LogP contribution in [0.4, 0.5) is 0 Å². The third-order valence-corrected chi connectivity index (χ3v) is 2.90. The van der Waals surface area contributed by atoms with Crippen molar-refractivity contribution in [2.75, 3.05) is 0 Å². The average Bonchev–Trinajstić information content (AvgIpc) is 2.45. The van der Waals surface area contributed by atoms with Crippen LogP contribution in [0.15, 0.2) is 48.5 Å². The first-order valence-corrected chi connectivity index (χ1v) is 5.92. The van der Waals surface area contributed by atoms with Gasteiger partial charge in [-0.2, -0.15) is 5.26 Å². The van der Waals surface area contributed by atoms with Crippen LogP contribution >= 0.6 is 0 Å². The first-order chi connectivity index (χ1) is 9.22. The second-order valence-electron chi connectivity index (χ2n) is 4.14. The number of carbonyl (C=O) groups excluding carboxylic acids is 1. The number of carbonyl (C=O) groups is 1. The van der Waals surface area contributed by atoms with E-state index in [4.69, 9.17) is 11.0 Å². The number of primary amides is 1. The SMILES string of the molecule is N#C[CH]Cc1ccc(-c2ccccc2)cc1C(N)=O. The van der Waals surface area contributed by atoms with E-state index < -0.39 is 5.91 Å². The quantitative estimate of drug-likeness (QED) is 0.905. The summed E-state index contributed by atoms with van der Waals surface area (Å²) in [5.74, 6) is -0.473. The van der Waals surface area contributed by atoms with Gasteiger partial charge in [-0.15, -0.1) is 0 Å². The Morgan fingerprint density at radius 2 is 1.89 bits per heavy atom. The van der Waals surface area contributed by atoms with E-state index in [0.717, 1.165) is 16.7 Å². The maximum atomic E-state index is 11.5. The topological polar surface area (TPSA) is 66.9 Å². The van der Waals surface area contributed by atoms with E-state index in [9.17, 15) is 4.79 Å². The third-order valence-electron chi connectivity index (χ3n) is 2.90. The van der Waals surface area contributed by atoms with Crippen LogP contribution < -0.4 is 5.73 Å². The summed E-state index contributed by atoms with van der Waals surface area (Å²) in [6.45, 7) is 0. The van der Waals surface area contributed by atoms with Crippen molar-refractivity contribution in [2.45, 2.75) is 6.42 Å². The van der Waals surface area contributed by atoms with E-state index in [1.165, 1.54) is 6.42 Å². The second-order valence-corrected chi connectivity index (χ2v) is 4.14. The summed E-state index contributed by atoms with van der Waals surface area (Å²) in [6, 6.07) is 17.3. The molecule has 0 saturated carbocycles. The lowest BCUT2D eigenvalue weighted by Crippen LogP contribution is -2.14. The van der Waals surface area contributed by atoms with Crippen LogP contribution in [0.25, 0.3) is 11.1 Å². The van der Waals surface area contributed by atoms with Gasteiger partial charge in [-0.05, 0) is 29.2 Å². The molecule has 0 heterocycles. The molecule has 93 valence electrons. The molecular formula is C16H13N2O. The van der Waals surface area contributed by atoms with Gasteiger partial charge < -0.3 is 5.73 Å². The van der Waals surface area contributed by atoms with Crippen LogP contribution in [0.3, 0.4) is 0 Å². The predicted octanol–water partition coefficient (Wildman–Crippen LogP) is 2.72. The Kier molecular flexibility index (Phi) is 3.94. The Balaban J connectivity index is 2.42. The van der Waals surface area contributed by atoms with Gasteiger partial charge in [0.05, 0.1) is 12.5 Å². The van der Waals surface area contributed by atoms with E-state index in [2.05, 4.69) is 0 Å². The predicted molar refractivity (Wildman–Crippen MR) is 74.0 cm³/mol. The van der Waals surface area contributed by atoms with E-state index in [-0.39, 0.29) is 0 Å². The molecule has 0 atom stereocenters. The van der Waals surface area contributed by atoms with Crippen LogP contribution in [-0.4, -0.2) is 5.91 Å². The highest BCUT2D eigenvalue weighted by Crippen LogP contribution is 2.23. The summed E-state index contributed by atoms with van der Waals surface area (Å²) in [7, 11) is 0. The van der Waals surface area contributed by atoms with Gasteiger partial charge in [-0.25, -0.2) is 0 Å². The Bertz CT molecular complexity index is 627. The summed E-state index contributed by atoms with van der Waals surface area (Å²) in [5, 5.41) is 8.57. The summed E-state index contributed by atoms with van der Waals surface area (Å²) >= 11 is 0. The zero-order valence-corrected chi connectivity index (χ0v) is 10.3. The Morgan fingerprint density at radius 1 is 1.16 bits per heavy atom. The molecule has 2 aromatic rings. The molecule has 0 aliphatic heterocycles. The first kappa shape index (κ1) is 12.8. The van der Waals surface area contributed by atoms with Gasteiger partial charge >= 0.3 is 0 Å². The lowest BCUT2D eigenvalue weighted by atomic mass is 9.96. The minimum atomic E-state index is -0.473. The molecule has 3 nitrogen and oxygen atoms in total. The molecule has 2 N–H and O–H groups in total. The van der Waals surface area contributed by atoms with Crippen LogP contribution in [0.5, 0.6) is 0 Å². The number of hydrogen-bond acceptors (Lipinski definition) is 2. The summed E-state index contributed by atoms with van der Waals surface area (Å²) in [4.78, 5) is 11.5. The lowest BCUT2D eigenvalue weighted by molar-refractivity contribution is 0.0999. The van der Waals surface area contributed by atoms with Crippen LogP contribution in [-0.2, 0) is 6.42 Å². The molecule has 3 heteroatoms. The van der Waals surface area contributed by atoms with Crippen molar-refractivity contribution in [2.24, 2.45) is 5.73 Å². The number of nitrogens with zero attached hydrogens (tertiary/aromatic N) is 1. The molecular weight excluding hydrogens is 236 g/mol. The third kappa shape index (κ3) is 2.99. The Labute approximate surface area is 112 Å². The van der Waals surface area contributed by atoms with Crippen molar-refractivity contribution in [1.29, 1.82) is 5.26 Å². The monoisotopic (exact) mass is 249 g/mol. The van der Waals surface area contributed by atoms with Crippen molar-refractivity contribution >= 4 is 5.91 Å². The molecule has 1 radical (unpaired) electrons. The molecule has 0 bridgehead atoms. The Hall–Kier alpha value is -2.60. The van der Waals surface area contributed by atoms with Crippen LogP contribution in [0.1, 0.15) is 15.9 Å². The number of nitrogens with two attached hydrogens (primary N) is 1. The highest BCUT2D eigenvalue weighted by Gasteiger charge is 2.10. The average molecular weight is 249 g/mol. The maximum Gasteiger partial charge on any atom is 0.248 e. The first-order valence-electron chi connectivity index (χ1n) is 5.92. The summed E-state index contributed by atoms with van der Waals surface area (Å²) in [6.07, 6.45) is 1.87. The number of amides is 1. The Morgan fingerprint density at radius 3 is 2.53 bits per heavy atom. The van der Waals surface area contributed by atoms with Gasteiger partial charge in [0.15, 0.2) is 0 Å². The zero-order valence-electron chi connectivity index (χ0n) is 10.3. The minimum Gasteiger partial charge on any atom is -0.366 e. The standard InChI is InChI=1S/C16H13N2O/c17-10-4-7-13-8-9-14(11-15(13)16(18)19)12-5-2-1-3-6-12/h1-6,8-9,11H,7H2,(H2,18,19). The largest absolute Gasteiger partial charge is 0.366 e. The fourth-order valence-electron chi connectivity index (χ4n) is 1.95. The van der Waals surface area contributed by atoms with E-state index in [1.54, 1.807) is 6.07 Å². The van der Waals surface area contributed by atoms with E-state index in [0.29, 0.717) is 12.0 Å². The van der Waals surface area contributed by atoms with Crippen molar-refractivity contribution in [3.05, 3.63) is 66.1 Å².